The van der Waals surface area contributed by atoms with Crippen molar-refractivity contribution < 1.29 is 9.53 Å². The second kappa shape index (κ2) is 5.16. The number of nitrogens with two attached hydrogens (primary N) is 1. The fraction of sp³-hybridized carbons (Fsp3) is 0.533. The van der Waals surface area contributed by atoms with Gasteiger partial charge < -0.3 is 10.5 Å². The number of halogens is 1. The summed E-state index contributed by atoms with van der Waals surface area (Å²) in [5.41, 5.74) is 6.87. The van der Waals surface area contributed by atoms with Crippen LogP contribution in [-0.4, -0.2) is 12.6 Å². The summed E-state index contributed by atoms with van der Waals surface area (Å²) in [6, 6.07) is 5.18. The van der Waals surface area contributed by atoms with Gasteiger partial charge in [-0.1, -0.05) is 6.42 Å². The molecule has 3 nitrogen and oxygen atoms in total. The lowest BCUT2D eigenvalue weighted by Gasteiger charge is -2.21. The van der Waals surface area contributed by atoms with Gasteiger partial charge in [-0.3, -0.25) is 0 Å². The zero-order valence-corrected chi connectivity index (χ0v) is 12.4. The molecule has 2 N–H and O–H groups in total. The normalized spacial score (nSPS) is 28.6. The Balaban J connectivity index is 1.57. The number of anilines is 1. The SMILES string of the molecule is Nc1cc(C(=O)OCC2CC3CCC2C3)ccc1Br. The summed E-state index contributed by atoms with van der Waals surface area (Å²) < 4.78 is 6.25. The van der Waals surface area contributed by atoms with Gasteiger partial charge in [-0.2, -0.15) is 0 Å². The molecule has 4 heteroatoms. The highest BCUT2D eigenvalue weighted by atomic mass is 79.9. The van der Waals surface area contributed by atoms with Gasteiger partial charge in [0, 0.05) is 10.2 Å². The molecule has 2 saturated carbocycles. The molecule has 0 saturated heterocycles. The third-order valence-corrected chi connectivity index (χ3v) is 5.27. The molecule has 1 aromatic rings. The van der Waals surface area contributed by atoms with Crippen molar-refractivity contribution in [2.45, 2.75) is 25.7 Å². The van der Waals surface area contributed by atoms with Crippen LogP contribution in [-0.2, 0) is 4.74 Å². The van der Waals surface area contributed by atoms with Crippen LogP contribution in [0.25, 0.3) is 0 Å². The number of ether oxygens (including phenoxy) is 1. The quantitative estimate of drug-likeness (QED) is 0.682. The fourth-order valence-electron chi connectivity index (χ4n) is 3.52. The maximum Gasteiger partial charge on any atom is 0.338 e. The Kier molecular flexibility index (Phi) is 3.52. The van der Waals surface area contributed by atoms with Crippen molar-refractivity contribution >= 4 is 27.6 Å². The number of fused-ring (bicyclic) bond motifs is 2. The summed E-state index contributed by atoms with van der Waals surface area (Å²) in [5.74, 6) is 1.99. The van der Waals surface area contributed by atoms with Crippen LogP contribution in [0.3, 0.4) is 0 Å². The van der Waals surface area contributed by atoms with Crippen LogP contribution in [0, 0.1) is 17.8 Å². The number of hydrogen-bond donors (Lipinski definition) is 1. The standard InChI is InChI=1S/C15H18BrNO2/c16-13-4-3-11(7-14(13)17)15(18)19-8-12-6-9-1-2-10(12)5-9/h3-4,7,9-10,12H,1-2,5-6,8,17H2. The van der Waals surface area contributed by atoms with Crippen molar-refractivity contribution in [3.63, 3.8) is 0 Å². The van der Waals surface area contributed by atoms with Crippen LogP contribution in [0.2, 0.25) is 0 Å². The second-order valence-electron chi connectivity index (χ2n) is 5.77. The molecule has 0 spiro atoms. The summed E-state index contributed by atoms with van der Waals surface area (Å²) >= 11 is 3.32. The largest absolute Gasteiger partial charge is 0.462 e. The van der Waals surface area contributed by atoms with Crippen molar-refractivity contribution in [3.8, 4) is 0 Å². The highest BCUT2D eigenvalue weighted by Gasteiger charge is 2.39. The van der Waals surface area contributed by atoms with Gasteiger partial charge in [0.1, 0.15) is 0 Å². The Morgan fingerprint density at radius 1 is 1.37 bits per heavy atom. The van der Waals surface area contributed by atoms with Gasteiger partial charge in [-0.25, -0.2) is 4.79 Å². The molecule has 2 aliphatic rings. The predicted molar refractivity (Wildman–Crippen MR) is 77.8 cm³/mol. The van der Waals surface area contributed by atoms with Crippen LogP contribution in [0.1, 0.15) is 36.0 Å². The minimum absolute atomic E-state index is 0.262. The first-order valence-corrected chi connectivity index (χ1v) is 7.65. The highest BCUT2D eigenvalue weighted by molar-refractivity contribution is 9.10. The van der Waals surface area contributed by atoms with E-state index in [1.165, 1.54) is 25.7 Å². The number of carbonyl (C=O) groups excluding carboxylic acids is 1. The molecule has 3 atom stereocenters. The summed E-state index contributed by atoms with van der Waals surface area (Å²) in [6.45, 7) is 0.565. The minimum atomic E-state index is -0.262. The van der Waals surface area contributed by atoms with E-state index in [1.54, 1.807) is 18.2 Å². The fourth-order valence-corrected chi connectivity index (χ4v) is 3.76. The van der Waals surface area contributed by atoms with E-state index in [2.05, 4.69) is 15.9 Å². The third kappa shape index (κ3) is 2.64. The lowest BCUT2D eigenvalue weighted by molar-refractivity contribution is 0.0394. The van der Waals surface area contributed by atoms with Crippen molar-refractivity contribution in [3.05, 3.63) is 28.2 Å². The first-order valence-electron chi connectivity index (χ1n) is 6.85. The molecule has 3 rings (SSSR count). The molecular formula is C15H18BrNO2. The number of rotatable bonds is 3. The maximum absolute atomic E-state index is 12.0. The first kappa shape index (κ1) is 13.0. The number of benzene rings is 1. The van der Waals surface area contributed by atoms with E-state index in [0.29, 0.717) is 23.8 Å². The number of hydrogen-bond acceptors (Lipinski definition) is 3. The molecule has 19 heavy (non-hydrogen) atoms. The van der Waals surface area contributed by atoms with Crippen molar-refractivity contribution in [1.82, 2.24) is 0 Å². The Morgan fingerprint density at radius 2 is 2.21 bits per heavy atom. The van der Waals surface area contributed by atoms with Crippen molar-refractivity contribution in [1.29, 1.82) is 0 Å². The molecule has 2 aliphatic carbocycles. The highest BCUT2D eigenvalue weighted by Crippen LogP contribution is 2.48. The summed E-state index contributed by atoms with van der Waals surface area (Å²) in [4.78, 5) is 12.0. The summed E-state index contributed by atoms with van der Waals surface area (Å²) in [6.07, 6.45) is 5.27. The molecule has 0 aromatic heterocycles. The van der Waals surface area contributed by atoms with E-state index < -0.39 is 0 Å². The molecule has 0 radical (unpaired) electrons. The van der Waals surface area contributed by atoms with Crippen LogP contribution < -0.4 is 5.73 Å². The summed E-state index contributed by atoms with van der Waals surface area (Å²) in [7, 11) is 0. The average molecular weight is 324 g/mol. The van der Waals surface area contributed by atoms with E-state index >= 15 is 0 Å². The van der Waals surface area contributed by atoms with Gasteiger partial charge in [0.2, 0.25) is 0 Å². The monoisotopic (exact) mass is 323 g/mol. The number of nitrogen functional groups attached to an aromatic ring is 1. The minimum Gasteiger partial charge on any atom is -0.462 e. The Labute approximate surface area is 121 Å². The van der Waals surface area contributed by atoms with E-state index in [0.717, 1.165) is 16.3 Å². The van der Waals surface area contributed by atoms with E-state index in [1.807, 2.05) is 0 Å². The Bertz CT molecular complexity index is 503. The van der Waals surface area contributed by atoms with Gasteiger partial charge in [0.25, 0.3) is 0 Å². The van der Waals surface area contributed by atoms with Crippen LogP contribution >= 0.6 is 15.9 Å². The number of carbonyl (C=O) groups is 1. The van der Waals surface area contributed by atoms with Crippen molar-refractivity contribution in [2.24, 2.45) is 17.8 Å². The maximum atomic E-state index is 12.0. The molecule has 1 aromatic carbocycles. The first-order chi connectivity index (χ1) is 9.13. The molecule has 2 bridgehead atoms. The topological polar surface area (TPSA) is 52.3 Å². The Hall–Kier alpha value is -1.03. The van der Waals surface area contributed by atoms with Crippen LogP contribution in [0.15, 0.2) is 22.7 Å². The lowest BCUT2D eigenvalue weighted by Crippen LogP contribution is -2.19. The predicted octanol–water partition coefficient (Wildman–Crippen LogP) is 3.62. The van der Waals surface area contributed by atoms with Gasteiger partial charge in [-0.05, 0) is 71.1 Å². The molecule has 3 unspecified atom stereocenters. The molecule has 2 fully saturated rings. The Morgan fingerprint density at radius 3 is 2.84 bits per heavy atom. The number of esters is 1. The van der Waals surface area contributed by atoms with E-state index in [4.69, 9.17) is 10.5 Å². The van der Waals surface area contributed by atoms with Crippen LogP contribution in [0.4, 0.5) is 5.69 Å². The zero-order chi connectivity index (χ0) is 13.4. The zero-order valence-electron chi connectivity index (χ0n) is 10.8. The molecule has 0 heterocycles. The average Bonchev–Trinajstić information content (AvgIpc) is 3.01. The third-order valence-electron chi connectivity index (χ3n) is 4.54. The molecule has 102 valence electrons. The second-order valence-corrected chi connectivity index (χ2v) is 6.62. The molecular weight excluding hydrogens is 306 g/mol. The molecule has 0 aliphatic heterocycles. The van der Waals surface area contributed by atoms with Crippen molar-refractivity contribution in [2.75, 3.05) is 12.3 Å². The van der Waals surface area contributed by atoms with Gasteiger partial charge in [0.15, 0.2) is 0 Å². The lowest BCUT2D eigenvalue weighted by atomic mass is 9.89. The van der Waals surface area contributed by atoms with Gasteiger partial charge in [-0.15, -0.1) is 0 Å². The summed E-state index contributed by atoms with van der Waals surface area (Å²) in [5, 5.41) is 0. The van der Waals surface area contributed by atoms with Gasteiger partial charge >= 0.3 is 5.97 Å². The smallest absolute Gasteiger partial charge is 0.338 e. The van der Waals surface area contributed by atoms with Gasteiger partial charge in [0.05, 0.1) is 12.2 Å². The van der Waals surface area contributed by atoms with E-state index in [-0.39, 0.29) is 5.97 Å². The molecule has 0 amide bonds. The van der Waals surface area contributed by atoms with E-state index in [9.17, 15) is 4.79 Å². The van der Waals surface area contributed by atoms with Crippen LogP contribution in [0.5, 0.6) is 0 Å².